The topological polar surface area (TPSA) is 92.5 Å². The number of benzene rings is 1. The van der Waals surface area contributed by atoms with Gasteiger partial charge in [0.15, 0.2) is 0 Å². The fraction of sp³-hybridized carbons (Fsp3) is 0.417. The predicted octanol–water partition coefficient (Wildman–Crippen LogP) is 2.89. The van der Waals surface area contributed by atoms with Crippen LogP contribution in [0.2, 0.25) is 0 Å². The van der Waals surface area contributed by atoms with E-state index in [0.29, 0.717) is 5.69 Å². The molecule has 0 radical (unpaired) electrons. The van der Waals surface area contributed by atoms with Gasteiger partial charge in [-0.2, -0.15) is 0 Å². The van der Waals surface area contributed by atoms with E-state index in [-0.39, 0.29) is 11.6 Å². The van der Waals surface area contributed by atoms with Gasteiger partial charge in [-0.25, -0.2) is 4.79 Å². The molecule has 0 saturated heterocycles. The number of carbonyl (C=O) groups is 1. The van der Waals surface area contributed by atoms with Crippen molar-refractivity contribution in [2.45, 2.75) is 32.7 Å². The Kier molecular flexibility index (Phi) is 4.65. The third-order valence-electron chi connectivity index (χ3n) is 2.78. The summed E-state index contributed by atoms with van der Waals surface area (Å²) in [6.07, 6.45) is 1.79. The van der Waals surface area contributed by atoms with E-state index in [0.717, 1.165) is 12.8 Å². The zero-order valence-corrected chi connectivity index (χ0v) is 10.3. The lowest BCUT2D eigenvalue weighted by atomic mass is 10.1. The molecular weight excluding hydrogens is 236 g/mol. The lowest BCUT2D eigenvalue weighted by Gasteiger charge is -2.16. The van der Waals surface area contributed by atoms with Crippen molar-refractivity contribution in [2.24, 2.45) is 0 Å². The molecule has 6 heteroatoms. The smallest absolute Gasteiger partial charge is 0.342 e. The second kappa shape index (κ2) is 6.00. The number of hydrogen-bond donors (Lipinski definition) is 2. The van der Waals surface area contributed by atoms with Gasteiger partial charge in [0, 0.05) is 17.8 Å². The van der Waals surface area contributed by atoms with E-state index in [1.54, 1.807) is 6.07 Å². The molecule has 0 bridgehead atoms. The number of carboxylic acid groups (broad SMARTS) is 1. The van der Waals surface area contributed by atoms with E-state index < -0.39 is 16.6 Å². The Balaban J connectivity index is 3.07. The van der Waals surface area contributed by atoms with Crippen LogP contribution in [0.5, 0.6) is 0 Å². The van der Waals surface area contributed by atoms with E-state index in [2.05, 4.69) is 5.32 Å². The molecule has 0 fully saturated rings. The predicted molar refractivity (Wildman–Crippen MR) is 68.0 cm³/mol. The molecule has 18 heavy (non-hydrogen) atoms. The van der Waals surface area contributed by atoms with Gasteiger partial charge in [-0.1, -0.05) is 13.8 Å². The summed E-state index contributed by atoms with van der Waals surface area (Å²) < 4.78 is 0. The minimum Gasteiger partial charge on any atom is -0.477 e. The van der Waals surface area contributed by atoms with Crippen molar-refractivity contribution in [3.63, 3.8) is 0 Å². The van der Waals surface area contributed by atoms with Gasteiger partial charge in [-0.3, -0.25) is 10.1 Å². The summed E-state index contributed by atoms with van der Waals surface area (Å²) in [6, 6.07) is 4.29. The van der Waals surface area contributed by atoms with Gasteiger partial charge in [0.25, 0.3) is 5.69 Å². The number of aromatic carboxylic acids is 1. The van der Waals surface area contributed by atoms with Crippen molar-refractivity contribution in [1.29, 1.82) is 0 Å². The standard InChI is InChI=1S/C12H16N2O4/c1-3-8(4-2)13-9-5-6-10(12(15)16)11(7-9)14(17)18/h5-8,13H,3-4H2,1-2H3,(H,15,16). The molecule has 1 aromatic rings. The van der Waals surface area contributed by atoms with E-state index >= 15 is 0 Å². The van der Waals surface area contributed by atoms with Gasteiger partial charge in [0.05, 0.1) is 4.92 Å². The van der Waals surface area contributed by atoms with Crippen LogP contribution in [0.15, 0.2) is 18.2 Å². The molecular formula is C12H16N2O4. The molecule has 0 amide bonds. The first-order valence-corrected chi connectivity index (χ1v) is 5.77. The monoisotopic (exact) mass is 252 g/mol. The number of hydrogen-bond acceptors (Lipinski definition) is 4. The molecule has 0 aliphatic heterocycles. The molecule has 0 aliphatic rings. The van der Waals surface area contributed by atoms with Crippen LogP contribution in [0.4, 0.5) is 11.4 Å². The minimum atomic E-state index is -1.30. The number of nitro benzene ring substituents is 1. The molecule has 6 nitrogen and oxygen atoms in total. The normalized spacial score (nSPS) is 10.4. The van der Waals surface area contributed by atoms with Gasteiger partial charge in [-0.05, 0) is 25.0 Å². The number of nitrogens with one attached hydrogen (secondary N) is 1. The summed E-state index contributed by atoms with van der Waals surface area (Å²) in [7, 11) is 0. The van der Waals surface area contributed by atoms with E-state index in [9.17, 15) is 14.9 Å². The highest BCUT2D eigenvalue weighted by Crippen LogP contribution is 2.24. The summed E-state index contributed by atoms with van der Waals surface area (Å²) in [5, 5.41) is 22.8. The number of anilines is 1. The SMILES string of the molecule is CCC(CC)Nc1ccc(C(=O)O)c([N+](=O)[O-])c1. The van der Waals surface area contributed by atoms with Crippen LogP contribution >= 0.6 is 0 Å². The summed E-state index contributed by atoms with van der Waals surface area (Å²) in [5.41, 5.74) is -0.117. The maximum Gasteiger partial charge on any atom is 0.342 e. The van der Waals surface area contributed by atoms with Crippen molar-refractivity contribution in [1.82, 2.24) is 0 Å². The lowest BCUT2D eigenvalue weighted by molar-refractivity contribution is -0.385. The number of nitrogens with zero attached hydrogens (tertiary/aromatic N) is 1. The van der Waals surface area contributed by atoms with Gasteiger partial charge in [0.1, 0.15) is 5.56 Å². The van der Waals surface area contributed by atoms with E-state index in [4.69, 9.17) is 5.11 Å². The fourth-order valence-electron chi connectivity index (χ4n) is 1.68. The van der Waals surface area contributed by atoms with Crippen molar-refractivity contribution in [2.75, 3.05) is 5.32 Å². The second-order valence-electron chi connectivity index (χ2n) is 3.95. The van der Waals surface area contributed by atoms with Crippen LogP contribution in [0.25, 0.3) is 0 Å². The Morgan fingerprint density at radius 1 is 1.44 bits per heavy atom. The van der Waals surface area contributed by atoms with Gasteiger partial charge < -0.3 is 10.4 Å². The maximum atomic E-state index is 10.8. The number of carboxylic acids is 1. The average Bonchev–Trinajstić information content (AvgIpc) is 2.35. The van der Waals surface area contributed by atoms with E-state index in [1.165, 1.54) is 12.1 Å². The van der Waals surface area contributed by atoms with Crippen LogP contribution in [-0.2, 0) is 0 Å². The van der Waals surface area contributed by atoms with Crippen LogP contribution in [-0.4, -0.2) is 22.0 Å². The molecule has 0 aliphatic carbocycles. The molecule has 1 rings (SSSR count). The molecule has 98 valence electrons. The minimum absolute atomic E-state index is 0.222. The van der Waals surface area contributed by atoms with Crippen LogP contribution in [0.1, 0.15) is 37.0 Å². The van der Waals surface area contributed by atoms with Crippen molar-refractivity contribution < 1.29 is 14.8 Å². The molecule has 0 unspecified atom stereocenters. The molecule has 0 atom stereocenters. The summed E-state index contributed by atoms with van der Waals surface area (Å²) in [5.74, 6) is -1.30. The Hall–Kier alpha value is -2.11. The Labute approximate surface area is 105 Å². The van der Waals surface area contributed by atoms with Gasteiger partial charge >= 0.3 is 5.97 Å². The molecule has 0 saturated carbocycles. The van der Waals surface area contributed by atoms with Crippen LogP contribution < -0.4 is 5.32 Å². The van der Waals surface area contributed by atoms with Gasteiger partial charge in [0.2, 0.25) is 0 Å². The van der Waals surface area contributed by atoms with Crippen LogP contribution in [0.3, 0.4) is 0 Å². The summed E-state index contributed by atoms with van der Waals surface area (Å²) in [6.45, 7) is 4.03. The third kappa shape index (κ3) is 3.19. The van der Waals surface area contributed by atoms with Crippen molar-refractivity contribution in [3.05, 3.63) is 33.9 Å². The maximum absolute atomic E-state index is 10.8. The fourth-order valence-corrected chi connectivity index (χ4v) is 1.68. The zero-order chi connectivity index (χ0) is 13.7. The molecule has 0 heterocycles. The third-order valence-corrected chi connectivity index (χ3v) is 2.78. The quantitative estimate of drug-likeness (QED) is 0.599. The molecule has 1 aromatic carbocycles. The van der Waals surface area contributed by atoms with Gasteiger partial charge in [-0.15, -0.1) is 0 Å². The average molecular weight is 252 g/mol. The largest absolute Gasteiger partial charge is 0.477 e. The van der Waals surface area contributed by atoms with E-state index in [1.807, 2.05) is 13.8 Å². The first-order chi connectivity index (χ1) is 8.49. The molecule has 0 spiro atoms. The Morgan fingerprint density at radius 2 is 2.06 bits per heavy atom. The Morgan fingerprint density at radius 3 is 2.50 bits per heavy atom. The summed E-state index contributed by atoms with van der Waals surface area (Å²) in [4.78, 5) is 21.0. The molecule has 0 aromatic heterocycles. The second-order valence-corrected chi connectivity index (χ2v) is 3.95. The van der Waals surface area contributed by atoms with Crippen molar-refractivity contribution in [3.8, 4) is 0 Å². The first-order valence-electron chi connectivity index (χ1n) is 5.77. The van der Waals surface area contributed by atoms with Crippen molar-refractivity contribution >= 4 is 17.3 Å². The molecule has 2 N–H and O–H groups in total. The van der Waals surface area contributed by atoms with Crippen LogP contribution in [0, 0.1) is 10.1 Å². The number of nitro groups is 1. The first kappa shape index (κ1) is 14.0. The number of rotatable bonds is 6. The highest BCUT2D eigenvalue weighted by molar-refractivity contribution is 5.93. The summed E-state index contributed by atoms with van der Waals surface area (Å²) >= 11 is 0. The highest BCUT2D eigenvalue weighted by Gasteiger charge is 2.20. The zero-order valence-electron chi connectivity index (χ0n) is 10.3. The highest BCUT2D eigenvalue weighted by atomic mass is 16.6. The Bertz CT molecular complexity index is 455. The lowest BCUT2D eigenvalue weighted by Crippen LogP contribution is -2.17.